The van der Waals surface area contributed by atoms with Crippen molar-refractivity contribution in [2.75, 3.05) is 18.1 Å². The first-order chi connectivity index (χ1) is 13.9. The van der Waals surface area contributed by atoms with Crippen molar-refractivity contribution in [1.82, 2.24) is 0 Å². The van der Waals surface area contributed by atoms with Crippen molar-refractivity contribution in [3.05, 3.63) is 63.5 Å². The maximum absolute atomic E-state index is 13.0. The summed E-state index contributed by atoms with van der Waals surface area (Å²) in [6.07, 6.45) is 0.895. The Kier molecular flexibility index (Phi) is 5.56. The van der Waals surface area contributed by atoms with Crippen LogP contribution in [0, 0.1) is 6.92 Å². The molecule has 4 rings (SSSR count). The van der Waals surface area contributed by atoms with E-state index in [1.54, 1.807) is 28.8 Å². The predicted octanol–water partition coefficient (Wildman–Crippen LogP) is 5.05. The van der Waals surface area contributed by atoms with Crippen LogP contribution in [-0.2, 0) is 4.79 Å². The highest BCUT2D eigenvalue weighted by Crippen LogP contribution is 2.37. The topological polar surface area (TPSA) is 59.8 Å². The van der Waals surface area contributed by atoms with E-state index in [9.17, 15) is 9.59 Å². The summed E-state index contributed by atoms with van der Waals surface area (Å²) in [5.41, 5.74) is 1.62. The molecule has 0 aliphatic carbocycles. The normalized spacial score (nSPS) is 16.4. The van der Waals surface area contributed by atoms with Crippen LogP contribution in [0.1, 0.15) is 18.9 Å². The molecule has 1 aliphatic heterocycles. The van der Waals surface area contributed by atoms with E-state index in [-0.39, 0.29) is 12.5 Å². The lowest BCUT2D eigenvalue weighted by Gasteiger charge is -2.22. The Morgan fingerprint density at radius 3 is 2.93 bits per heavy atom. The molecule has 1 aromatic heterocycles. The third-order valence-corrected chi connectivity index (χ3v) is 6.43. The molecule has 5 nitrogen and oxygen atoms in total. The van der Waals surface area contributed by atoms with Gasteiger partial charge in [-0.3, -0.25) is 4.79 Å². The van der Waals surface area contributed by atoms with Crippen LogP contribution < -0.4 is 15.3 Å². The summed E-state index contributed by atoms with van der Waals surface area (Å²) >= 11 is 8.11. The van der Waals surface area contributed by atoms with E-state index < -0.39 is 5.63 Å². The molecule has 0 bridgehead atoms. The second kappa shape index (κ2) is 8.13. The Hall–Kier alpha value is -2.44. The number of thioether (sulfide) groups is 1. The molecule has 1 aliphatic rings. The van der Waals surface area contributed by atoms with E-state index in [1.807, 2.05) is 31.2 Å². The van der Waals surface area contributed by atoms with Crippen molar-refractivity contribution >= 4 is 45.9 Å². The lowest BCUT2D eigenvalue weighted by Crippen LogP contribution is -2.36. The number of carbonyl (C=O) groups excluding carboxylic acids is 1. The van der Waals surface area contributed by atoms with Gasteiger partial charge in [0.1, 0.15) is 11.3 Å². The Bertz CT molecular complexity index is 1140. The third-order valence-electron chi connectivity index (χ3n) is 4.90. The number of anilines is 1. The monoisotopic (exact) mass is 429 g/mol. The number of amides is 1. The van der Waals surface area contributed by atoms with Gasteiger partial charge in [0.05, 0.1) is 10.7 Å². The molecular weight excluding hydrogens is 410 g/mol. The number of ether oxygens (including phenoxy) is 1. The number of nitrogens with zero attached hydrogens (tertiary/aromatic N) is 1. The minimum Gasteiger partial charge on any atom is -0.482 e. The second-order valence-corrected chi connectivity index (χ2v) is 8.93. The van der Waals surface area contributed by atoms with Gasteiger partial charge in [0, 0.05) is 34.2 Å². The van der Waals surface area contributed by atoms with E-state index in [4.69, 9.17) is 20.8 Å². The van der Waals surface area contributed by atoms with E-state index in [2.05, 4.69) is 6.92 Å². The van der Waals surface area contributed by atoms with E-state index in [1.165, 1.54) is 6.07 Å². The number of hydrogen-bond donors (Lipinski definition) is 0. The number of fused-ring (bicyclic) bond motifs is 2. The maximum Gasteiger partial charge on any atom is 0.336 e. The summed E-state index contributed by atoms with van der Waals surface area (Å²) in [7, 11) is 0. The van der Waals surface area contributed by atoms with Crippen LogP contribution in [-0.4, -0.2) is 24.3 Å². The molecule has 0 saturated carbocycles. The Balaban J connectivity index is 1.57. The average Bonchev–Trinajstić information content (AvgIpc) is 2.85. The minimum atomic E-state index is -0.438. The standard InChI is InChI=1S/C22H20ClNO4S/c1-13-9-22(26)28-18-11-19(16(23)10-15(13)18)27-12-21(25)24-8-7-14(2)29-20-6-4-3-5-17(20)24/h3-6,9-11,14H,7-8,12H2,1-2H3. The molecule has 2 heterocycles. The third kappa shape index (κ3) is 4.14. The fraction of sp³-hybridized carbons (Fsp3) is 0.273. The minimum absolute atomic E-state index is 0.144. The summed E-state index contributed by atoms with van der Waals surface area (Å²) in [6.45, 7) is 4.45. The summed E-state index contributed by atoms with van der Waals surface area (Å²) in [5.74, 6) is 0.168. The first-order valence-corrected chi connectivity index (χ1v) is 10.6. The van der Waals surface area contributed by atoms with Gasteiger partial charge in [0.2, 0.25) is 0 Å². The van der Waals surface area contributed by atoms with Gasteiger partial charge >= 0.3 is 5.63 Å². The number of benzene rings is 2. The lowest BCUT2D eigenvalue weighted by atomic mass is 10.1. The molecule has 29 heavy (non-hydrogen) atoms. The molecule has 1 amide bonds. The van der Waals surface area contributed by atoms with Crippen molar-refractivity contribution in [3.63, 3.8) is 0 Å². The van der Waals surface area contributed by atoms with Crippen molar-refractivity contribution in [1.29, 1.82) is 0 Å². The number of aryl methyl sites for hydroxylation is 1. The van der Waals surface area contributed by atoms with Gasteiger partial charge in [0.25, 0.3) is 5.91 Å². The Morgan fingerprint density at radius 2 is 2.10 bits per heavy atom. The van der Waals surface area contributed by atoms with Crippen molar-refractivity contribution in [2.45, 2.75) is 30.4 Å². The van der Waals surface area contributed by atoms with Crippen molar-refractivity contribution in [2.24, 2.45) is 0 Å². The van der Waals surface area contributed by atoms with Gasteiger partial charge in [0.15, 0.2) is 6.61 Å². The zero-order chi connectivity index (χ0) is 20.5. The van der Waals surface area contributed by atoms with Crippen LogP contribution in [0.3, 0.4) is 0 Å². The SMILES string of the molecule is Cc1cc(=O)oc2cc(OCC(=O)N3CCC(C)Sc4ccccc43)c(Cl)cc12. The number of rotatable bonds is 3. The fourth-order valence-electron chi connectivity index (χ4n) is 3.39. The molecule has 0 N–H and O–H groups in total. The van der Waals surface area contributed by atoms with Gasteiger partial charge in [-0.25, -0.2) is 4.79 Å². The average molecular weight is 430 g/mol. The molecule has 1 atom stereocenters. The number of halogens is 1. The first-order valence-electron chi connectivity index (χ1n) is 9.35. The van der Waals surface area contributed by atoms with E-state index >= 15 is 0 Å². The van der Waals surface area contributed by atoms with E-state index in [0.29, 0.717) is 28.1 Å². The predicted molar refractivity (Wildman–Crippen MR) is 116 cm³/mol. The van der Waals surface area contributed by atoms with Gasteiger partial charge < -0.3 is 14.1 Å². The van der Waals surface area contributed by atoms with Crippen LogP contribution >= 0.6 is 23.4 Å². The smallest absolute Gasteiger partial charge is 0.336 e. The maximum atomic E-state index is 13.0. The molecular formula is C22H20ClNO4S. The van der Waals surface area contributed by atoms with Crippen LogP contribution in [0.15, 0.2) is 56.6 Å². The fourth-order valence-corrected chi connectivity index (χ4v) is 4.72. The summed E-state index contributed by atoms with van der Waals surface area (Å²) in [5, 5.41) is 1.53. The number of para-hydroxylation sites is 1. The zero-order valence-electron chi connectivity index (χ0n) is 16.1. The molecule has 2 aromatic carbocycles. The quantitative estimate of drug-likeness (QED) is 0.545. The van der Waals surface area contributed by atoms with Crippen LogP contribution in [0.25, 0.3) is 11.0 Å². The van der Waals surface area contributed by atoms with Gasteiger partial charge in [-0.15, -0.1) is 11.8 Å². The van der Waals surface area contributed by atoms with E-state index in [0.717, 1.165) is 28.0 Å². The highest BCUT2D eigenvalue weighted by Gasteiger charge is 2.24. The first kappa shape index (κ1) is 19.9. The molecule has 1 unspecified atom stereocenters. The highest BCUT2D eigenvalue weighted by atomic mass is 35.5. The Morgan fingerprint density at radius 1 is 1.31 bits per heavy atom. The molecule has 0 radical (unpaired) electrons. The molecule has 0 saturated heterocycles. The van der Waals surface area contributed by atoms with Gasteiger partial charge in [-0.2, -0.15) is 0 Å². The summed E-state index contributed by atoms with van der Waals surface area (Å²) in [6, 6.07) is 12.6. The molecule has 3 aromatic rings. The molecule has 150 valence electrons. The number of carbonyl (C=O) groups is 1. The Labute approximate surface area is 177 Å². The van der Waals surface area contributed by atoms with Crippen molar-refractivity contribution < 1.29 is 13.9 Å². The van der Waals surface area contributed by atoms with Crippen LogP contribution in [0.2, 0.25) is 5.02 Å². The van der Waals surface area contributed by atoms with Gasteiger partial charge in [-0.1, -0.05) is 30.7 Å². The van der Waals surface area contributed by atoms with Gasteiger partial charge in [-0.05, 0) is 37.1 Å². The van der Waals surface area contributed by atoms with Crippen LogP contribution in [0.4, 0.5) is 5.69 Å². The molecule has 0 fully saturated rings. The van der Waals surface area contributed by atoms with Crippen molar-refractivity contribution in [3.8, 4) is 5.75 Å². The summed E-state index contributed by atoms with van der Waals surface area (Å²) in [4.78, 5) is 27.5. The zero-order valence-corrected chi connectivity index (χ0v) is 17.7. The second-order valence-electron chi connectivity index (χ2n) is 7.05. The largest absolute Gasteiger partial charge is 0.482 e. The molecule has 0 spiro atoms. The molecule has 7 heteroatoms. The summed E-state index contributed by atoms with van der Waals surface area (Å²) < 4.78 is 11.0. The lowest BCUT2D eigenvalue weighted by molar-refractivity contribution is -0.120. The van der Waals surface area contributed by atoms with Crippen LogP contribution in [0.5, 0.6) is 5.75 Å². The highest BCUT2D eigenvalue weighted by molar-refractivity contribution is 8.00. The number of hydrogen-bond acceptors (Lipinski definition) is 5.